The molecular weight excluding hydrogens is 328 g/mol. The molecule has 0 radical (unpaired) electrons. The normalized spacial score (nSPS) is 13.5. The largest absolute Gasteiger partial charge is 0.442 e. The van der Waals surface area contributed by atoms with Crippen LogP contribution in [0, 0.1) is 0 Å². The van der Waals surface area contributed by atoms with Crippen LogP contribution in [0.25, 0.3) is 0 Å². The van der Waals surface area contributed by atoms with Crippen LogP contribution in [0.15, 0.2) is 48.1 Å². The molecule has 0 aliphatic heterocycles. The standard InChI is InChI=1S/C20H32N2O2Si/c1-8-18(25(5,6)7)22(19(23)24-20(2,3)4)21-16-12-15-17-13-10-9-11-14-17/h8-11,13-14,16,18H,1,12,15H2,2-7H3/b21-16+. The average Bonchev–Trinajstić information content (AvgIpc) is 2.48. The van der Waals surface area contributed by atoms with Crippen LogP contribution in [0.4, 0.5) is 4.79 Å². The number of rotatable bonds is 7. The first kappa shape index (κ1) is 21.2. The Hall–Kier alpha value is -1.88. The molecule has 0 saturated heterocycles. The van der Waals surface area contributed by atoms with Gasteiger partial charge in [-0.3, -0.25) is 0 Å². The van der Waals surface area contributed by atoms with Crippen molar-refractivity contribution in [3.8, 4) is 0 Å². The zero-order valence-electron chi connectivity index (χ0n) is 16.5. The van der Waals surface area contributed by atoms with Crippen LogP contribution in [0.1, 0.15) is 32.8 Å². The maximum atomic E-state index is 12.6. The number of aryl methyl sites for hydroxylation is 1. The molecule has 0 heterocycles. The fourth-order valence-corrected chi connectivity index (χ4v) is 4.00. The molecule has 1 amide bonds. The summed E-state index contributed by atoms with van der Waals surface area (Å²) in [6.07, 6.45) is 4.84. The van der Waals surface area contributed by atoms with Gasteiger partial charge in [-0.2, -0.15) is 10.1 Å². The van der Waals surface area contributed by atoms with Gasteiger partial charge < -0.3 is 4.74 Å². The molecule has 0 N–H and O–H groups in total. The predicted molar refractivity (Wildman–Crippen MR) is 109 cm³/mol. The number of ether oxygens (including phenoxy) is 1. The third-order valence-electron chi connectivity index (χ3n) is 3.57. The Morgan fingerprint density at radius 3 is 2.36 bits per heavy atom. The van der Waals surface area contributed by atoms with E-state index >= 15 is 0 Å². The van der Waals surface area contributed by atoms with Crippen LogP contribution in [0.5, 0.6) is 0 Å². The van der Waals surface area contributed by atoms with Crippen LogP contribution in [-0.2, 0) is 11.2 Å². The molecule has 0 aliphatic rings. The van der Waals surface area contributed by atoms with Crippen molar-refractivity contribution in [2.24, 2.45) is 5.10 Å². The highest BCUT2D eigenvalue weighted by Gasteiger charge is 2.35. The molecule has 0 spiro atoms. The smallest absolute Gasteiger partial charge is 0.431 e. The Morgan fingerprint density at radius 2 is 1.88 bits per heavy atom. The molecule has 0 aliphatic carbocycles. The molecule has 0 bridgehead atoms. The minimum absolute atomic E-state index is 0.115. The minimum atomic E-state index is -1.72. The third kappa shape index (κ3) is 7.69. The summed E-state index contributed by atoms with van der Waals surface area (Å²) >= 11 is 0. The number of carbonyl (C=O) groups is 1. The zero-order valence-corrected chi connectivity index (χ0v) is 17.5. The van der Waals surface area contributed by atoms with Crippen LogP contribution in [-0.4, -0.2) is 36.7 Å². The molecule has 25 heavy (non-hydrogen) atoms. The lowest BCUT2D eigenvalue weighted by Crippen LogP contribution is -2.51. The van der Waals surface area contributed by atoms with Gasteiger partial charge in [-0.25, -0.2) is 4.79 Å². The second-order valence-corrected chi connectivity index (χ2v) is 13.5. The highest BCUT2D eigenvalue weighted by molar-refractivity contribution is 6.78. The topological polar surface area (TPSA) is 41.9 Å². The Bertz CT molecular complexity index is 586. The van der Waals surface area contributed by atoms with Crippen LogP contribution in [0.3, 0.4) is 0 Å². The summed E-state index contributed by atoms with van der Waals surface area (Å²) in [5.41, 5.74) is 0.582. The molecule has 0 saturated carbocycles. The molecule has 1 atom stereocenters. The molecule has 1 aromatic carbocycles. The molecule has 1 unspecified atom stereocenters. The Kier molecular flexibility index (Phi) is 7.61. The number of amides is 1. The lowest BCUT2D eigenvalue weighted by atomic mass is 10.1. The monoisotopic (exact) mass is 360 g/mol. The summed E-state index contributed by atoms with van der Waals surface area (Å²) in [4.78, 5) is 12.6. The highest BCUT2D eigenvalue weighted by Crippen LogP contribution is 2.20. The first-order chi connectivity index (χ1) is 11.5. The molecule has 1 aromatic rings. The Labute approximate surface area is 153 Å². The predicted octanol–water partition coefficient (Wildman–Crippen LogP) is 5.27. The SMILES string of the molecule is C=CC(N(/N=C/CCc1ccccc1)C(=O)OC(C)(C)C)[Si](C)(C)C. The van der Waals surface area contributed by atoms with Crippen molar-refractivity contribution in [2.75, 3.05) is 0 Å². The lowest BCUT2D eigenvalue weighted by molar-refractivity contribution is 0.0247. The molecule has 0 aromatic heterocycles. The van der Waals surface area contributed by atoms with E-state index in [1.807, 2.05) is 45.0 Å². The van der Waals surface area contributed by atoms with Gasteiger partial charge in [-0.15, -0.1) is 6.58 Å². The first-order valence-corrected chi connectivity index (χ1v) is 12.3. The van der Waals surface area contributed by atoms with Gasteiger partial charge in [0.1, 0.15) is 5.60 Å². The van der Waals surface area contributed by atoms with Gasteiger partial charge in [-0.05, 0) is 39.2 Å². The number of hydrogen-bond acceptors (Lipinski definition) is 3. The maximum Gasteiger partial charge on any atom is 0.431 e. The second kappa shape index (κ2) is 8.99. The van der Waals surface area contributed by atoms with Gasteiger partial charge in [-0.1, -0.05) is 56.0 Å². The second-order valence-electron chi connectivity index (χ2n) is 8.19. The third-order valence-corrected chi connectivity index (χ3v) is 5.82. The van der Waals surface area contributed by atoms with Gasteiger partial charge in [0.2, 0.25) is 0 Å². The van der Waals surface area contributed by atoms with Crippen molar-refractivity contribution in [2.45, 2.75) is 64.5 Å². The highest BCUT2D eigenvalue weighted by atomic mass is 28.3. The molecule has 138 valence electrons. The van der Waals surface area contributed by atoms with E-state index in [1.54, 1.807) is 6.21 Å². The average molecular weight is 361 g/mol. The number of benzene rings is 1. The fraction of sp³-hybridized carbons (Fsp3) is 0.500. The Balaban J connectivity index is 2.88. The molecule has 1 rings (SSSR count). The van der Waals surface area contributed by atoms with Crippen molar-refractivity contribution < 1.29 is 9.53 Å². The van der Waals surface area contributed by atoms with Crippen LogP contribution in [0.2, 0.25) is 19.6 Å². The van der Waals surface area contributed by atoms with Crippen molar-refractivity contribution in [3.05, 3.63) is 48.6 Å². The van der Waals surface area contributed by atoms with E-state index in [0.29, 0.717) is 0 Å². The van der Waals surface area contributed by atoms with Crippen LogP contribution >= 0.6 is 0 Å². The minimum Gasteiger partial charge on any atom is -0.442 e. The number of nitrogens with zero attached hydrogens (tertiary/aromatic N) is 2. The Morgan fingerprint density at radius 1 is 1.28 bits per heavy atom. The van der Waals surface area contributed by atoms with Crippen molar-refractivity contribution in [1.82, 2.24) is 5.01 Å². The van der Waals surface area contributed by atoms with Gasteiger partial charge in [0.15, 0.2) is 0 Å². The van der Waals surface area contributed by atoms with E-state index in [9.17, 15) is 4.79 Å². The van der Waals surface area contributed by atoms with E-state index < -0.39 is 19.8 Å². The molecule has 5 heteroatoms. The van der Waals surface area contributed by atoms with Gasteiger partial charge in [0, 0.05) is 6.21 Å². The first-order valence-electron chi connectivity index (χ1n) is 8.76. The van der Waals surface area contributed by atoms with Gasteiger partial charge >= 0.3 is 6.09 Å². The fourth-order valence-electron chi connectivity index (χ4n) is 2.38. The summed E-state index contributed by atoms with van der Waals surface area (Å²) in [5, 5.41) is 5.93. The maximum absolute atomic E-state index is 12.6. The summed E-state index contributed by atoms with van der Waals surface area (Å²) in [6.45, 7) is 16.1. The van der Waals surface area contributed by atoms with Crippen molar-refractivity contribution >= 4 is 20.4 Å². The van der Waals surface area contributed by atoms with E-state index in [-0.39, 0.29) is 5.67 Å². The van der Waals surface area contributed by atoms with E-state index in [4.69, 9.17) is 4.74 Å². The van der Waals surface area contributed by atoms with Gasteiger partial charge in [0.05, 0.1) is 13.7 Å². The van der Waals surface area contributed by atoms with E-state index in [0.717, 1.165) is 12.8 Å². The summed E-state index contributed by atoms with van der Waals surface area (Å²) < 4.78 is 5.54. The molecular formula is C20H32N2O2Si. The number of hydrogen-bond donors (Lipinski definition) is 0. The van der Waals surface area contributed by atoms with Crippen molar-refractivity contribution in [1.29, 1.82) is 0 Å². The van der Waals surface area contributed by atoms with Crippen LogP contribution < -0.4 is 0 Å². The van der Waals surface area contributed by atoms with E-state index in [1.165, 1.54) is 10.6 Å². The lowest BCUT2D eigenvalue weighted by Gasteiger charge is -2.34. The zero-order chi connectivity index (χ0) is 19.1. The van der Waals surface area contributed by atoms with E-state index in [2.05, 4.69) is 43.5 Å². The number of hydrazone groups is 1. The quantitative estimate of drug-likeness (QED) is 0.287. The summed E-state index contributed by atoms with van der Waals surface area (Å²) in [5.74, 6) is 0. The summed E-state index contributed by atoms with van der Waals surface area (Å²) in [7, 11) is -1.72. The number of carbonyl (C=O) groups excluding carboxylic acids is 1. The molecule has 0 fully saturated rings. The van der Waals surface area contributed by atoms with Gasteiger partial charge in [0.25, 0.3) is 0 Å². The molecule has 4 nitrogen and oxygen atoms in total. The summed E-state index contributed by atoms with van der Waals surface area (Å²) in [6, 6.07) is 10.2. The van der Waals surface area contributed by atoms with Crippen molar-refractivity contribution in [3.63, 3.8) is 0 Å².